The standard InChI is InChI=1S/C20H20N2O3S/c1-21(2)17-10-5-8-16-15(17)7-6-12-20(16)26(23,24)22-13-14-25-19-11-4-3-9-18(19)22/h3-12H,13-14H2,1-2H3. The molecule has 26 heavy (non-hydrogen) atoms. The Kier molecular flexibility index (Phi) is 4.00. The Morgan fingerprint density at radius 3 is 2.46 bits per heavy atom. The van der Waals surface area contributed by atoms with Crippen LogP contribution in [-0.2, 0) is 10.0 Å². The Hall–Kier alpha value is -2.73. The summed E-state index contributed by atoms with van der Waals surface area (Å²) in [6.07, 6.45) is 0. The summed E-state index contributed by atoms with van der Waals surface area (Å²) in [5, 5.41) is 1.64. The molecule has 6 heteroatoms. The zero-order valence-corrected chi connectivity index (χ0v) is 15.5. The average Bonchev–Trinajstić information content (AvgIpc) is 2.66. The van der Waals surface area contributed by atoms with E-state index in [1.54, 1.807) is 24.3 Å². The number of sulfonamides is 1. The number of hydrogen-bond donors (Lipinski definition) is 0. The van der Waals surface area contributed by atoms with E-state index in [9.17, 15) is 8.42 Å². The van der Waals surface area contributed by atoms with Crippen molar-refractivity contribution in [1.29, 1.82) is 0 Å². The molecule has 0 atom stereocenters. The molecule has 5 nitrogen and oxygen atoms in total. The van der Waals surface area contributed by atoms with E-state index in [0.717, 1.165) is 16.5 Å². The Morgan fingerprint density at radius 2 is 1.65 bits per heavy atom. The van der Waals surface area contributed by atoms with Crippen LogP contribution in [0.5, 0.6) is 5.75 Å². The van der Waals surface area contributed by atoms with Gasteiger partial charge in [0.1, 0.15) is 12.4 Å². The van der Waals surface area contributed by atoms with E-state index in [4.69, 9.17) is 4.74 Å². The van der Waals surface area contributed by atoms with Crippen LogP contribution in [0.25, 0.3) is 10.8 Å². The van der Waals surface area contributed by atoms with Gasteiger partial charge in [0.25, 0.3) is 10.0 Å². The molecule has 0 amide bonds. The molecular formula is C20H20N2O3S. The molecule has 0 N–H and O–H groups in total. The van der Waals surface area contributed by atoms with Gasteiger partial charge in [-0.2, -0.15) is 0 Å². The van der Waals surface area contributed by atoms with Gasteiger partial charge >= 0.3 is 0 Å². The molecule has 1 heterocycles. The molecule has 1 aliphatic heterocycles. The molecule has 134 valence electrons. The fourth-order valence-corrected chi connectivity index (χ4v) is 5.06. The van der Waals surface area contributed by atoms with Crippen molar-refractivity contribution in [2.45, 2.75) is 4.90 Å². The maximum absolute atomic E-state index is 13.5. The highest BCUT2D eigenvalue weighted by atomic mass is 32.2. The summed E-state index contributed by atoms with van der Waals surface area (Å²) in [7, 11) is 0.195. The van der Waals surface area contributed by atoms with Gasteiger partial charge in [-0.1, -0.05) is 36.4 Å². The second-order valence-electron chi connectivity index (χ2n) is 6.42. The van der Waals surface area contributed by atoms with Crippen molar-refractivity contribution in [3.8, 4) is 5.75 Å². The first-order chi connectivity index (χ1) is 12.5. The molecule has 0 bridgehead atoms. The molecule has 1 aliphatic rings. The molecule has 0 unspecified atom stereocenters. The lowest BCUT2D eigenvalue weighted by molar-refractivity contribution is 0.316. The maximum atomic E-state index is 13.5. The predicted octanol–water partition coefficient (Wildman–Crippen LogP) is 3.49. The monoisotopic (exact) mass is 368 g/mol. The summed E-state index contributed by atoms with van der Waals surface area (Å²) in [5.41, 5.74) is 1.57. The first-order valence-electron chi connectivity index (χ1n) is 8.44. The lowest BCUT2D eigenvalue weighted by Crippen LogP contribution is -2.38. The predicted molar refractivity (Wildman–Crippen MR) is 105 cm³/mol. The number of benzene rings is 3. The summed E-state index contributed by atoms with van der Waals surface area (Å²) >= 11 is 0. The van der Waals surface area contributed by atoms with Gasteiger partial charge in [0.15, 0.2) is 0 Å². The summed E-state index contributed by atoms with van der Waals surface area (Å²) in [6.45, 7) is 0.632. The lowest BCUT2D eigenvalue weighted by Gasteiger charge is -2.30. The van der Waals surface area contributed by atoms with Crippen LogP contribution in [0.15, 0.2) is 65.6 Å². The van der Waals surface area contributed by atoms with Gasteiger partial charge in [-0.25, -0.2) is 8.42 Å². The largest absolute Gasteiger partial charge is 0.489 e. The Morgan fingerprint density at radius 1 is 0.923 bits per heavy atom. The third-order valence-electron chi connectivity index (χ3n) is 4.59. The second kappa shape index (κ2) is 6.21. The second-order valence-corrected chi connectivity index (χ2v) is 8.25. The Labute approximate surface area is 153 Å². The topological polar surface area (TPSA) is 49.9 Å². The number of para-hydroxylation sites is 2. The third-order valence-corrected chi connectivity index (χ3v) is 6.47. The van der Waals surface area contributed by atoms with E-state index in [1.807, 2.05) is 55.4 Å². The minimum Gasteiger partial charge on any atom is -0.489 e. The molecule has 3 aromatic rings. The smallest absolute Gasteiger partial charge is 0.265 e. The van der Waals surface area contributed by atoms with Crippen molar-refractivity contribution in [2.75, 3.05) is 36.5 Å². The van der Waals surface area contributed by atoms with Crippen LogP contribution in [0.2, 0.25) is 0 Å². The number of nitrogens with zero attached hydrogens (tertiary/aromatic N) is 2. The number of ether oxygens (including phenoxy) is 1. The van der Waals surface area contributed by atoms with Crippen molar-refractivity contribution in [3.63, 3.8) is 0 Å². The normalized spacial score (nSPS) is 14.0. The van der Waals surface area contributed by atoms with E-state index in [2.05, 4.69) is 0 Å². The van der Waals surface area contributed by atoms with Crippen LogP contribution < -0.4 is 13.9 Å². The minimum absolute atomic E-state index is 0.295. The van der Waals surface area contributed by atoms with Gasteiger partial charge in [-0.15, -0.1) is 0 Å². The fourth-order valence-electron chi connectivity index (χ4n) is 3.39. The number of fused-ring (bicyclic) bond motifs is 2. The molecular weight excluding hydrogens is 348 g/mol. The summed E-state index contributed by atoms with van der Waals surface area (Å²) in [4.78, 5) is 2.30. The van der Waals surface area contributed by atoms with E-state index >= 15 is 0 Å². The van der Waals surface area contributed by atoms with Crippen LogP contribution >= 0.6 is 0 Å². The average molecular weight is 368 g/mol. The van der Waals surface area contributed by atoms with Gasteiger partial charge in [-0.05, 0) is 24.3 Å². The van der Waals surface area contributed by atoms with Crippen molar-refractivity contribution in [1.82, 2.24) is 0 Å². The van der Waals surface area contributed by atoms with Gasteiger partial charge in [0, 0.05) is 30.6 Å². The van der Waals surface area contributed by atoms with Gasteiger partial charge in [-0.3, -0.25) is 4.31 Å². The number of anilines is 2. The maximum Gasteiger partial charge on any atom is 0.265 e. The SMILES string of the molecule is CN(C)c1cccc2c(S(=O)(=O)N3CCOc4ccccc43)cccc12. The number of hydrogen-bond acceptors (Lipinski definition) is 4. The van der Waals surface area contributed by atoms with Gasteiger partial charge in [0.05, 0.1) is 17.1 Å². The first kappa shape index (κ1) is 16.7. The molecule has 0 aromatic heterocycles. The van der Waals surface area contributed by atoms with Crippen LogP contribution in [0.3, 0.4) is 0 Å². The first-order valence-corrected chi connectivity index (χ1v) is 9.88. The highest BCUT2D eigenvalue weighted by Crippen LogP contribution is 2.37. The van der Waals surface area contributed by atoms with Crippen molar-refractivity contribution >= 4 is 32.2 Å². The molecule has 0 spiro atoms. The third kappa shape index (κ3) is 2.57. The highest BCUT2D eigenvalue weighted by Gasteiger charge is 2.31. The molecule has 4 rings (SSSR count). The van der Waals surface area contributed by atoms with Crippen LogP contribution in [0.4, 0.5) is 11.4 Å². The Balaban J connectivity index is 1.92. The molecule has 0 saturated carbocycles. The van der Waals surface area contributed by atoms with Crippen LogP contribution in [0.1, 0.15) is 0 Å². The highest BCUT2D eigenvalue weighted by molar-refractivity contribution is 7.93. The zero-order valence-electron chi connectivity index (χ0n) is 14.7. The summed E-state index contributed by atoms with van der Waals surface area (Å²) in [6, 6.07) is 18.4. The van der Waals surface area contributed by atoms with E-state index in [0.29, 0.717) is 29.5 Å². The quantitative estimate of drug-likeness (QED) is 0.710. The molecule has 0 aliphatic carbocycles. The molecule has 0 radical (unpaired) electrons. The molecule has 0 saturated heterocycles. The van der Waals surface area contributed by atoms with E-state index < -0.39 is 10.0 Å². The van der Waals surface area contributed by atoms with E-state index in [-0.39, 0.29) is 0 Å². The van der Waals surface area contributed by atoms with Gasteiger partial charge in [0.2, 0.25) is 0 Å². The fraction of sp³-hybridized carbons (Fsp3) is 0.200. The number of rotatable bonds is 3. The van der Waals surface area contributed by atoms with Crippen molar-refractivity contribution < 1.29 is 13.2 Å². The molecule has 3 aromatic carbocycles. The van der Waals surface area contributed by atoms with E-state index in [1.165, 1.54) is 4.31 Å². The molecule has 0 fully saturated rings. The van der Waals surface area contributed by atoms with Crippen LogP contribution in [0, 0.1) is 0 Å². The van der Waals surface area contributed by atoms with Crippen molar-refractivity contribution in [2.24, 2.45) is 0 Å². The van der Waals surface area contributed by atoms with Crippen LogP contribution in [-0.4, -0.2) is 35.7 Å². The van der Waals surface area contributed by atoms with Gasteiger partial charge < -0.3 is 9.64 Å². The minimum atomic E-state index is -3.71. The summed E-state index contributed by atoms with van der Waals surface area (Å²) < 4.78 is 34.1. The van der Waals surface area contributed by atoms with Crippen molar-refractivity contribution in [3.05, 3.63) is 60.7 Å². The zero-order chi connectivity index (χ0) is 18.3. The Bertz CT molecular complexity index is 1080. The lowest BCUT2D eigenvalue weighted by atomic mass is 10.1. The summed E-state index contributed by atoms with van der Waals surface area (Å²) in [5.74, 6) is 0.594.